The lowest BCUT2D eigenvalue weighted by atomic mass is 10.1. The minimum Gasteiger partial charge on any atom is -0.379 e. The van der Waals surface area contributed by atoms with Crippen molar-refractivity contribution in [3.05, 3.63) is 70.8 Å². The van der Waals surface area contributed by atoms with Crippen molar-refractivity contribution in [3.63, 3.8) is 0 Å². The number of amides is 2. The molecule has 0 saturated carbocycles. The molecule has 1 aliphatic rings. The summed E-state index contributed by atoms with van der Waals surface area (Å²) in [5.41, 5.74) is 3.77. The van der Waals surface area contributed by atoms with Crippen molar-refractivity contribution < 1.29 is 32.7 Å². The first kappa shape index (κ1) is 24.4. The minimum atomic E-state index is -5.05. The number of hydrogen-bond donors (Lipinski definition) is 3. The summed E-state index contributed by atoms with van der Waals surface area (Å²) in [5.74, 6) is -2.86. The summed E-state index contributed by atoms with van der Waals surface area (Å²) in [7, 11) is 0. The Balaban J connectivity index is 1.58. The molecule has 176 valence electrons. The average Bonchev–Trinajstić information content (AvgIpc) is 2.81. The predicted octanol–water partition coefficient (Wildman–Crippen LogP) is 2.86. The van der Waals surface area contributed by atoms with Gasteiger partial charge in [-0.1, -0.05) is 48.6 Å². The van der Waals surface area contributed by atoms with E-state index < -0.39 is 24.0 Å². The van der Waals surface area contributed by atoms with Gasteiger partial charge in [0.2, 0.25) is 6.04 Å². The first-order valence-electron chi connectivity index (χ1n) is 10.2. The van der Waals surface area contributed by atoms with Gasteiger partial charge < -0.3 is 10.1 Å². The fourth-order valence-corrected chi connectivity index (χ4v) is 3.26. The maximum atomic E-state index is 12.9. The number of carbonyl (C=O) groups excluding carboxylic acids is 2. The van der Waals surface area contributed by atoms with Crippen LogP contribution in [0.4, 0.5) is 13.2 Å². The lowest BCUT2D eigenvalue weighted by Gasteiger charge is -2.26. The van der Waals surface area contributed by atoms with Gasteiger partial charge in [0.1, 0.15) is 0 Å². The van der Waals surface area contributed by atoms with Gasteiger partial charge in [-0.2, -0.15) is 13.2 Å². The van der Waals surface area contributed by atoms with E-state index in [2.05, 4.69) is 17.0 Å². The second kappa shape index (κ2) is 11.1. The third-order valence-corrected chi connectivity index (χ3v) is 5.11. The van der Waals surface area contributed by atoms with E-state index in [1.54, 1.807) is 17.4 Å². The molecule has 0 unspecified atom stereocenters. The Kier molecular flexibility index (Phi) is 8.21. The summed E-state index contributed by atoms with van der Waals surface area (Å²) < 4.78 is 44.0. The van der Waals surface area contributed by atoms with Gasteiger partial charge in [-0.15, -0.1) is 0 Å². The minimum absolute atomic E-state index is 0.0559. The van der Waals surface area contributed by atoms with Crippen LogP contribution in [0.5, 0.6) is 0 Å². The van der Waals surface area contributed by atoms with Crippen LogP contribution in [0.15, 0.2) is 48.5 Å². The van der Waals surface area contributed by atoms with E-state index in [1.807, 2.05) is 24.3 Å². The lowest BCUT2D eigenvalue weighted by Crippen LogP contribution is -2.54. The van der Waals surface area contributed by atoms with E-state index >= 15 is 0 Å². The molecule has 1 heterocycles. The maximum Gasteiger partial charge on any atom is 0.417 e. The van der Waals surface area contributed by atoms with Crippen molar-refractivity contribution in [2.45, 2.75) is 18.8 Å². The highest BCUT2D eigenvalue weighted by atomic mass is 19.4. The van der Waals surface area contributed by atoms with Crippen LogP contribution in [0.2, 0.25) is 0 Å². The zero-order valence-electron chi connectivity index (χ0n) is 17.6. The van der Waals surface area contributed by atoms with Gasteiger partial charge in [-0.25, -0.2) is 5.48 Å². The normalized spacial score (nSPS) is 15.9. The summed E-state index contributed by atoms with van der Waals surface area (Å²) in [6, 6.07) is 11.1. The predicted molar refractivity (Wildman–Crippen MR) is 115 cm³/mol. The molecule has 3 N–H and O–H groups in total. The number of alkyl halides is 3. The van der Waals surface area contributed by atoms with Crippen molar-refractivity contribution in [1.82, 2.24) is 15.7 Å². The van der Waals surface area contributed by atoms with Crippen LogP contribution in [-0.4, -0.2) is 60.4 Å². The third-order valence-electron chi connectivity index (χ3n) is 5.11. The second-order valence-electron chi connectivity index (χ2n) is 7.51. The van der Waals surface area contributed by atoms with Crippen molar-refractivity contribution in [1.29, 1.82) is 0 Å². The van der Waals surface area contributed by atoms with Crippen molar-refractivity contribution in [2.75, 3.05) is 26.3 Å². The molecule has 1 aliphatic heterocycles. The molecule has 0 bridgehead atoms. The van der Waals surface area contributed by atoms with E-state index in [9.17, 15) is 22.8 Å². The van der Waals surface area contributed by atoms with Gasteiger partial charge in [0.05, 0.1) is 13.2 Å². The quantitative estimate of drug-likeness (QED) is 0.334. The molecule has 2 amide bonds. The van der Waals surface area contributed by atoms with Gasteiger partial charge in [0, 0.05) is 25.2 Å². The number of carbonyl (C=O) groups is 2. The number of ether oxygens (including phenoxy) is 1. The molecule has 0 radical (unpaired) electrons. The van der Waals surface area contributed by atoms with Crippen LogP contribution in [0, 0.1) is 0 Å². The molecule has 1 atom stereocenters. The fourth-order valence-electron chi connectivity index (χ4n) is 3.26. The molecular formula is C23H24F3N3O4. The molecule has 0 aromatic heterocycles. The van der Waals surface area contributed by atoms with Crippen LogP contribution in [0.3, 0.4) is 0 Å². The van der Waals surface area contributed by atoms with E-state index in [-0.39, 0.29) is 5.56 Å². The Labute approximate surface area is 188 Å². The standard InChI is InChI=1S/C23H24F3N3O4/c24-23(25,26)20(22(31)28-32)27-21(30)19-9-7-17(8-10-19)2-1-16-3-5-18(6-4-16)15-29-11-13-33-14-12-29/h1-10,20,32H,11-15H2,(H,27,30)(H,28,31)/b2-1+/t20-/m1/s1. The molecule has 3 rings (SSSR count). The van der Waals surface area contributed by atoms with Crippen LogP contribution in [-0.2, 0) is 16.1 Å². The lowest BCUT2D eigenvalue weighted by molar-refractivity contribution is -0.172. The van der Waals surface area contributed by atoms with Gasteiger partial charge in [-0.3, -0.25) is 19.7 Å². The molecule has 1 fully saturated rings. The monoisotopic (exact) mass is 463 g/mol. The number of hydroxylamine groups is 1. The summed E-state index contributed by atoms with van der Waals surface area (Å²) in [4.78, 5) is 25.6. The van der Waals surface area contributed by atoms with Crippen molar-refractivity contribution in [3.8, 4) is 0 Å². The van der Waals surface area contributed by atoms with Gasteiger partial charge in [0.15, 0.2) is 0 Å². The first-order chi connectivity index (χ1) is 15.8. The summed E-state index contributed by atoms with van der Waals surface area (Å²) >= 11 is 0. The number of morpholine rings is 1. The second-order valence-corrected chi connectivity index (χ2v) is 7.51. The van der Waals surface area contributed by atoms with E-state index in [1.165, 1.54) is 17.7 Å². The van der Waals surface area contributed by atoms with E-state index in [0.29, 0.717) is 0 Å². The smallest absolute Gasteiger partial charge is 0.379 e. The number of hydrogen-bond acceptors (Lipinski definition) is 5. The Morgan fingerprint density at radius 1 is 1.00 bits per heavy atom. The van der Waals surface area contributed by atoms with Gasteiger partial charge >= 0.3 is 6.18 Å². The van der Waals surface area contributed by atoms with Crippen molar-refractivity contribution >= 4 is 24.0 Å². The number of nitrogens with zero attached hydrogens (tertiary/aromatic N) is 1. The Morgan fingerprint density at radius 2 is 1.55 bits per heavy atom. The Hall–Kier alpha value is -3.21. The molecule has 7 nitrogen and oxygen atoms in total. The highest BCUT2D eigenvalue weighted by Crippen LogP contribution is 2.21. The van der Waals surface area contributed by atoms with Crippen LogP contribution < -0.4 is 10.8 Å². The highest BCUT2D eigenvalue weighted by molar-refractivity contribution is 5.97. The molecule has 0 spiro atoms. The molecule has 33 heavy (non-hydrogen) atoms. The van der Waals surface area contributed by atoms with Crippen LogP contribution >= 0.6 is 0 Å². The zero-order valence-corrected chi connectivity index (χ0v) is 17.6. The molecule has 10 heteroatoms. The van der Waals surface area contributed by atoms with Crippen LogP contribution in [0.25, 0.3) is 12.2 Å². The number of nitrogens with one attached hydrogen (secondary N) is 2. The molecular weight excluding hydrogens is 439 g/mol. The molecule has 0 aliphatic carbocycles. The fraction of sp³-hybridized carbons (Fsp3) is 0.304. The van der Waals surface area contributed by atoms with Gasteiger partial charge in [-0.05, 0) is 28.8 Å². The number of rotatable bonds is 7. The average molecular weight is 463 g/mol. The van der Waals surface area contributed by atoms with E-state index in [4.69, 9.17) is 9.94 Å². The van der Waals surface area contributed by atoms with Gasteiger partial charge in [0.25, 0.3) is 11.8 Å². The van der Waals surface area contributed by atoms with Crippen molar-refractivity contribution in [2.24, 2.45) is 0 Å². The number of halogens is 3. The van der Waals surface area contributed by atoms with E-state index in [0.717, 1.165) is 49.5 Å². The first-order valence-corrected chi connectivity index (χ1v) is 10.2. The van der Waals surface area contributed by atoms with Crippen LogP contribution in [0.1, 0.15) is 27.0 Å². The molecule has 2 aromatic rings. The largest absolute Gasteiger partial charge is 0.417 e. The number of benzene rings is 2. The summed E-state index contributed by atoms with van der Waals surface area (Å²) in [6.45, 7) is 4.21. The third kappa shape index (κ3) is 7.14. The Bertz CT molecular complexity index is 970. The molecule has 2 aromatic carbocycles. The zero-order chi connectivity index (χ0) is 23.8. The molecule has 1 saturated heterocycles. The maximum absolute atomic E-state index is 12.9. The summed E-state index contributed by atoms with van der Waals surface area (Å²) in [5, 5.41) is 10.0. The summed E-state index contributed by atoms with van der Waals surface area (Å²) in [6.07, 6.45) is -1.35. The highest BCUT2D eigenvalue weighted by Gasteiger charge is 2.46. The topological polar surface area (TPSA) is 90.9 Å². The SMILES string of the molecule is O=C(N[C@H](C(=O)NO)C(F)(F)F)c1ccc(/C=C/c2ccc(CN3CCOCC3)cc2)cc1. The Morgan fingerprint density at radius 3 is 2.06 bits per heavy atom.